The van der Waals surface area contributed by atoms with E-state index in [4.69, 9.17) is 21.4 Å². The van der Waals surface area contributed by atoms with Crippen LogP contribution in [0, 0.1) is 0 Å². The topological polar surface area (TPSA) is 73.3 Å². The third kappa shape index (κ3) is 1.98. The Morgan fingerprint density at radius 1 is 1.40 bits per heavy atom. The van der Waals surface area contributed by atoms with Gasteiger partial charge in [-0.3, -0.25) is 4.57 Å². The standard InChI is InChI=1S/C8H6BrClNO3P/c9-5-1-4-7(2-6(5)10)11-3-8(4)15(12,13)14/h1-3,11H,(H2,12,13,14). The van der Waals surface area contributed by atoms with Gasteiger partial charge in [-0.2, -0.15) is 0 Å². The second-order valence-electron chi connectivity index (χ2n) is 3.03. The van der Waals surface area contributed by atoms with Crippen LogP contribution in [0.15, 0.2) is 22.8 Å². The smallest absolute Gasteiger partial charge is 0.358 e. The lowest BCUT2D eigenvalue weighted by molar-refractivity contribution is 0.388. The summed E-state index contributed by atoms with van der Waals surface area (Å²) < 4.78 is 11.7. The van der Waals surface area contributed by atoms with Crippen LogP contribution in [0.25, 0.3) is 10.9 Å². The minimum absolute atomic E-state index is 0.0186. The lowest BCUT2D eigenvalue weighted by Crippen LogP contribution is -2.00. The van der Waals surface area contributed by atoms with Crippen LogP contribution >= 0.6 is 35.1 Å². The minimum atomic E-state index is -4.25. The molecule has 0 aliphatic carbocycles. The first-order valence-electron chi connectivity index (χ1n) is 3.92. The molecule has 15 heavy (non-hydrogen) atoms. The van der Waals surface area contributed by atoms with Crippen molar-refractivity contribution in [3.05, 3.63) is 27.8 Å². The van der Waals surface area contributed by atoms with Crippen molar-refractivity contribution in [3.8, 4) is 0 Å². The molecule has 1 heterocycles. The SMILES string of the molecule is O=P(O)(O)c1c[nH]c2cc(Cl)c(Br)cc12. The Morgan fingerprint density at radius 2 is 2.07 bits per heavy atom. The Hall–Kier alpha value is -0.320. The first kappa shape index (κ1) is 11.2. The fourth-order valence-corrected chi connectivity index (χ4v) is 2.58. The van der Waals surface area contributed by atoms with Gasteiger partial charge in [-0.1, -0.05) is 11.6 Å². The van der Waals surface area contributed by atoms with E-state index < -0.39 is 7.60 Å². The average Bonchev–Trinajstić information content (AvgIpc) is 2.47. The van der Waals surface area contributed by atoms with Crippen molar-refractivity contribution < 1.29 is 14.4 Å². The van der Waals surface area contributed by atoms with Crippen LogP contribution in [0.4, 0.5) is 0 Å². The zero-order chi connectivity index (χ0) is 11.2. The molecule has 2 rings (SSSR count). The molecular formula is C8H6BrClNO3P. The molecule has 7 heteroatoms. The van der Waals surface area contributed by atoms with Crippen LogP contribution in [0.2, 0.25) is 5.02 Å². The van der Waals surface area contributed by atoms with Gasteiger partial charge in [0.25, 0.3) is 0 Å². The van der Waals surface area contributed by atoms with E-state index in [1.807, 2.05) is 0 Å². The molecule has 80 valence electrons. The van der Waals surface area contributed by atoms with E-state index in [0.29, 0.717) is 20.4 Å². The van der Waals surface area contributed by atoms with Crippen molar-refractivity contribution in [2.75, 3.05) is 0 Å². The van der Waals surface area contributed by atoms with Crippen LogP contribution in [-0.2, 0) is 4.57 Å². The molecule has 0 saturated heterocycles. The quantitative estimate of drug-likeness (QED) is 0.708. The maximum absolute atomic E-state index is 11.1. The molecule has 0 bridgehead atoms. The Kier molecular flexibility index (Phi) is 2.69. The number of hydrogen-bond donors (Lipinski definition) is 3. The third-order valence-electron chi connectivity index (χ3n) is 2.01. The Morgan fingerprint density at radius 3 is 2.67 bits per heavy atom. The average molecular weight is 310 g/mol. The number of rotatable bonds is 1. The van der Waals surface area contributed by atoms with Crippen molar-refractivity contribution in [2.45, 2.75) is 0 Å². The number of H-pyrrole nitrogens is 1. The van der Waals surface area contributed by atoms with E-state index in [2.05, 4.69) is 20.9 Å². The highest BCUT2D eigenvalue weighted by molar-refractivity contribution is 9.10. The Labute approximate surface area is 98.5 Å². The molecule has 0 radical (unpaired) electrons. The van der Waals surface area contributed by atoms with Crippen LogP contribution in [0.1, 0.15) is 0 Å². The highest BCUT2D eigenvalue weighted by Gasteiger charge is 2.22. The van der Waals surface area contributed by atoms with E-state index in [-0.39, 0.29) is 5.30 Å². The monoisotopic (exact) mass is 309 g/mol. The molecular weight excluding hydrogens is 304 g/mol. The maximum atomic E-state index is 11.1. The number of halogens is 2. The fourth-order valence-electron chi connectivity index (χ4n) is 1.34. The molecule has 0 amide bonds. The molecule has 0 fully saturated rings. The second kappa shape index (κ2) is 3.61. The highest BCUT2D eigenvalue weighted by atomic mass is 79.9. The molecule has 1 aromatic carbocycles. The van der Waals surface area contributed by atoms with Gasteiger partial charge in [-0.15, -0.1) is 0 Å². The highest BCUT2D eigenvalue weighted by Crippen LogP contribution is 2.38. The lowest BCUT2D eigenvalue weighted by atomic mass is 10.2. The van der Waals surface area contributed by atoms with Crippen LogP contribution in [0.3, 0.4) is 0 Å². The van der Waals surface area contributed by atoms with Gasteiger partial charge in [0.1, 0.15) is 0 Å². The van der Waals surface area contributed by atoms with E-state index in [9.17, 15) is 4.57 Å². The van der Waals surface area contributed by atoms with Gasteiger partial charge in [0.15, 0.2) is 0 Å². The molecule has 4 nitrogen and oxygen atoms in total. The summed E-state index contributed by atoms with van der Waals surface area (Å²) in [4.78, 5) is 20.9. The molecule has 0 atom stereocenters. The van der Waals surface area contributed by atoms with Crippen molar-refractivity contribution >= 4 is 51.3 Å². The summed E-state index contributed by atoms with van der Waals surface area (Å²) in [7, 11) is -4.25. The Balaban J connectivity index is 2.81. The predicted molar refractivity (Wildman–Crippen MR) is 62.7 cm³/mol. The minimum Gasteiger partial charge on any atom is -0.360 e. The summed E-state index contributed by atoms with van der Waals surface area (Å²) in [6.07, 6.45) is 1.30. The zero-order valence-electron chi connectivity index (χ0n) is 7.24. The molecule has 3 N–H and O–H groups in total. The summed E-state index contributed by atoms with van der Waals surface area (Å²) in [6.45, 7) is 0. The van der Waals surface area contributed by atoms with Gasteiger partial charge in [0.05, 0.1) is 10.3 Å². The van der Waals surface area contributed by atoms with Crippen molar-refractivity contribution in [3.63, 3.8) is 0 Å². The van der Waals surface area contributed by atoms with Crippen LogP contribution in [-0.4, -0.2) is 14.8 Å². The molecule has 0 saturated carbocycles. The molecule has 0 aliphatic heterocycles. The number of aromatic nitrogens is 1. The number of hydrogen-bond acceptors (Lipinski definition) is 1. The van der Waals surface area contributed by atoms with Gasteiger partial charge in [0.2, 0.25) is 0 Å². The summed E-state index contributed by atoms with van der Waals surface area (Å²) in [5.74, 6) is 0. The molecule has 0 aliphatic rings. The van der Waals surface area contributed by atoms with Gasteiger partial charge in [-0.25, -0.2) is 0 Å². The molecule has 1 aromatic heterocycles. The number of aromatic amines is 1. The van der Waals surface area contributed by atoms with E-state index in [0.717, 1.165) is 0 Å². The summed E-state index contributed by atoms with van der Waals surface area (Å²) in [6, 6.07) is 3.20. The van der Waals surface area contributed by atoms with E-state index in [1.54, 1.807) is 12.1 Å². The van der Waals surface area contributed by atoms with E-state index in [1.165, 1.54) is 6.20 Å². The summed E-state index contributed by atoms with van der Waals surface area (Å²) in [5, 5.41) is 0.941. The lowest BCUT2D eigenvalue weighted by Gasteiger charge is -2.02. The van der Waals surface area contributed by atoms with Crippen molar-refractivity contribution in [1.29, 1.82) is 0 Å². The van der Waals surface area contributed by atoms with Gasteiger partial charge >= 0.3 is 7.60 Å². The van der Waals surface area contributed by atoms with Crippen LogP contribution in [0.5, 0.6) is 0 Å². The largest absolute Gasteiger partial charge is 0.360 e. The number of fused-ring (bicyclic) bond motifs is 1. The first-order chi connectivity index (χ1) is 6.89. The normalized spacial score (nSPS) is 12.3. The second-order valence-corrected chi connectivity index (χ2v) is 5.86. The molecule has 0 unspecified atom stereocenters. The van der Waals surface area contributed by atoms with Gasteiger partial charge < -0.3 is 14.8 Å². The predicted octanol–water partition coefficient (Wildman–Crippen LogP) is 2.39. The summed E-state index contributed by atoms with van der Waals surface area (Å²) in [5.41, 5.74) is 0.599. The number of benzene rings is 1. The molecule has 2 aromatic rings. The van der Waals surface area contributed by atoms with Crippen molar-refractivity contribution in [1.82, 2.24) is 4.98 Å². The Bertz CT molecular complexity index is 577. The molecule has 0 spiro atoms. The van der Waals surface area contributed by atoms with Gasteiger partial charge in [-0.05, 0) is 28.1 Å². The first-order valence-corrected chi connectivity index (χ1v) is 6.70. The third-order valence-corrected chi connectivity index (χ3v) is 4.21. The van der Waals surface area contributed by atoms with E-state index >= 15 is 0 Å². The maximum Gasteiger partial charge on any atom is 0.358 e. The fraction of sp³-hybridized carbons (Fsp3) is 0. The number of nitrogens with one attached hydrogen (secondary N) is 1. The van der Waals surface area contributed by atoms with Crippen LogP contribution < -0.4 is 5.30 Å². The zero-order valence-corrected chi connectivity index (χ0v) is 10.5. The summed E-state index contributed by atoms with van der Waals surface area (Å²) >= 11 is 9.05. The van der Waals surface area contributed by atoms with Crippen molar-refractivity contribution in [2.24, 2.45) is 0 Å². The van der Waals surface area contributed by atoms with Gasteiger partial charge in [0, 0.05) is 21.6 Å².